The van der Waals surface area contributed by atoms with Gasteiger partial charge in [0.2, 0.25) is 5.91 Å². The van der Waals surface area contributed by atoms with Gasteiger partial charge in [0.05, 0.1) is 17.1 Å². The molecule has 7 nitrogen and oxygen atoms in total. The fraction of sp³-hybridized carbons (Fsp3) is 0.409. The lowest BCUT2D eigenvalue weighted by atomic mass is 10.1. The summed E-state index contributed by atoms with van der Waals surface area (Å²) in [6.07, 6.45) is 2.37. The number of fused-ring (bicyclic) bond motifs is 1. The third kappa shape index (κ3) is 4.09. The second-order valence-electron chi connectivity index (χ2n) is 8.44. The Morgan fingerprint density at radius 1 is 1.07 bits per heavy atom. The lowest BCUT2D eigenvalue weighted by Crippen LogP contribution is -2.48. The number of nitrogens with zero attached hydrogens (tertiary/aromatic N) is 2. The Balaban J connectivity index is 1.59. The molecule has 160 valence electrons. The van der Waals surface area contributed by atoms with Crippen LogP contribution >= 0.6 is 0 Å². The Kier molecular flexibility index (Phi) is 5.13. The van der Waals surface area contributed by atoms with Crippen molar-refractivity contribution in [1.82, 2.24) is 0 Å². The van der Waals surface area contributed by atoms with Gasteiger partial charge in [0.25, 0.3) is 10.0 Å². The number of sulfonamides is 1. The molecule has 2 aromatic rings. The van der Waals surface area contributed by atoms with Gasteiger partial charge in [-0.3, -0.25) is 9.52 Å². The molecule has 0 aliphatic carbocycles. The number of carbonyl (C=O) groups is 1. The van der Waals surface area contributed by atoms with Crippen LogP contribution in [-0.2, 0) is 14.8 Å². The average molecular weight is 430 g/mol. The molecule has 2 aliphatic rings. The molecule has 0 unspecified atom stereocenters. The van der Waals surface area contributed by atoms with Crippen molar-refractivity contribution in [3.8, 4) is 5.75 Å². The highest BCUT2D eigenvalue weighted by molar-refractivity contribution is 7.92. The van der Waals surface area contributed by atoms with Crippen molar-refractivity contribution >= 4 is 33.0 Å². The lowest BCUT2D eigenvalue weighted by Gasteiger charge is -2.39. The molecule has 1 amide bonds. The Morgan fingerprint density at radius 3 is 2.37 bits per heavy atom. The molecular formula is C22H27N3O4S. The summed E-state index contributed by atoms with van der Waals surface area (Å²) in [5.41, 5.74) is 1.51. The van der Waals surface area contributed by atoms with Crippen molar-refractivity contribution in [2.24, 2.45) is 0 Å². The van der Waals surface area contributed by atoms with Crippen LogP contribution in [0.2, 0.25) is 0 Å². The summed E-state index contributed by atoms with van der Waals surface area (Å²) in [7, 11) is -3.81. The number of carbonyl (C=O) groups excluding carboxylic acids is 1. The van der Waals surface area contributed by atoms with Crippen LogP contribution in [0, 0.1) is 0 Å². The number of hydrogen-bond donors (Lipinski definition) is 1. The topological polar surface area (TPSA) is 78.9 Å². The minimum absolute atomic E-state index is 0.0828. The molecule has 30 heavy (non-hydrogen) atoms. The van der Waals surface area contributed by atoms with Crippen LogP contribution < -0.4 is 19.3 Å². The van der Waals surface area contributed by atoms with Gasteiger partial charge in [-0.1, -0.05) is 0 Å². The van der Waals surface area contributed by atoms with Gasteiger partial charge in [0, 0.05) is 31.4 Å². The molecule has 0 spiro atoms. The van der Waals surface area contributed by atoms with E-state index in [9.17, 15) is 13.2 Å². The van der Waals surface area contributed by atoms with E-state index in [2.05, 4.69) is 9.62 Å². The van der Waals surface area contributed by atoms with Gasteiger partial charge >= 0.3 is 0 Å². The number of rotatable bonds is 4. The second kappa shape index (κ2) is 7.50. The first-order valence-electron chi connectivity index (χ1n) is 10.1. The molecule has 1 saturated heterocycles. The summed E-state index contributed by atoms with van der Waals surface area (Å²) >= 11 is 0. The third-order valence-electron chi connectivity index (χ3n) is 5.43. The van der Waals surface area contributed by atoms with Gasteiger partial charge < -0.3 is 14.5 Å². The maximum Gasteiger partial charge on any atom is 0.261 e. The van der Waals surface area contributed by atoms with E-state index in [4.69, 9.17) is 4.74 Å². The predicted octanol–water partition coefficient (Wildman–Crippen LogP) is 3.61. The molecule has 0 bridgehead atoms. The Hall–Kier alpha value is -2.74. The summed E-state index contributed by atoms with van der Waals surface area (Å²) in [6, 6.07) is 12.0. The highest BCUT2D eigenvalue weighted by Crippen LogP contribution is 2.38. The van der Waals surface area contributed by atoms with Gasteiger partial charge in [0.15, 0.2) is 0 Å². The quantitative estimate of drug-likeness (QED) is 0.803. The van der Waals surface area contributed by atoms with Crippen molar-refractivity contribution in [3.05, 3.63) is 42.5 Å². The van der Waals surface area contributed by atoms with E-state index in [-0.39, 0.29) is 10.8 Å². The molecule has 2 aliphatic heterocycles. The van der Waals surface area contributed by atoms with E-state index >= 15 is 0 Å². The second-order valence-corrected chi connectivity index (χ2v) is 10.1. The van der Waals surface area contributed by atoms with Crippen molar-refractivity contribution in [2.45, 2.75) is 44.1 Å². The third-order valence-corrected chi connectivity index (χ3v) is 6.81. The van der Waals surface area contributed by atoms with Crippen LogP contribution in [0.25, 0.3) is 0 Å². The summed E-state index contributed by atoms with van der Waals surface area (Å²) < 4.78 is 34.5. The van der Waals surface area contributed by atoms with Crippen molar-refractivity contribution in [3.63, 3.8) is 0 Å². The zero-order valence-electron chi connectivity index (χ0n) is 17.5. The minimum atomic E-state index is -3.81. The van der Waals surface area contributed by atoms with Crippen LogP contribution in [0.15, 0.2) is 47.4 Å². The Bertz CT molecular complexity index is 1060. The van der Waals surface area contributed by atoms with Gasteiger partial charge in [0.1, 0.15) is 11.4 Å². The number of ether oxygens (including phenoxy) is 1. The van der Waals surface area contributed by atoms with Crippen LogP contribution in [0.3, 0.4) is 0 Å². The standard InChI is InChI=1S/C22H27N3O4S/c1-16(26)25-15-22(2,3)29-21-11-10-19(14-20(21)25)30(27,28)23-17-6-8-18(9-7-17)24-12-4-5-13-24/h6-11,14,23H,4-5,12-13,15H2,1-3H3. The normalized spacial score (nSPS) is 18.0. The summed E-state index contributed by atoms with van der Waals surface area (Å²) in [5, 5.41) is 0. The van der Waals surface area contributed by atoms with E-state index in [0.29, 0.717) is 23.7 Å². The van der Waals surface area contributed by atoms with Crippen LogP contribution in [0.1, 0.15) is 33.6 Å². The molecule has 4 rings (SSSR count). The number of benzene rings is 2. The minimum Gasteiger partial charge on any atom is -0.484 e. The number of hydrogen-bond acceptors (Lipinski definition) is 5. The van der Waals surface area contributed by atoms with E-state index in [1.807, 2.05) is 26.0 Å². The molecule has 1 fully saturated rings. The fourth-order valence-electron chi connectivity index (χ4n) is 3.97. The highest BCUT2D eigenvalue weighted by Gasteiger charge is 2.34. The molecule has 0 saturated carbocycles. The summed E-state index contributed by atoms with van der Waals surface area (Å²) in [6.45, 7) is 7.67. The Labute approximate surface area is 177 Å². The molecular weight excluding hydrogens is 402 g/mol. The van der Waals surface area contributed by atoms with Gasteiger partial charge in [-0.2, -0.15) is 0 Å². The number of nitrogens with one attached hydrogen (secondary N) is 1. The van der Waals surface area contributed by atoms with E-state index < -0.39 is 15.6 Å². The van der Waals surface area contributed by atoms with Crippen molar-refractivity contribution in [2.75, 3.05) is 34.2 Å². The first kappa shape index (κ1) is 20.5. The van der Waals surface area contributed by atoms with Crippen molar-refractivity contribution in [1.29, 1.82) is 0 Å². The average Bonchev–Trinajstić information content (AvgIpc) is 3.21. The zero-order valence-corrected chi connectivity index (χ0v) is 18.3. The van der Waals surface area contributed by atoms with Crippen LogP contribution in [-0.4, -0.2) is 39.6 Å². The maximum atomic E-state index is 13.0. The fourth-order valence-corrected chi connectivity index (χ4v) is 5.05. The molecule has 0 atom stereocenters. The van der Waals surface area contributed by atoms with E-state index in [1.54, 1.807) is 23.1 Å². The molecule has 2 heterocycles. The lowest BCUT2D eigenvalue weighted by molar-refractivity contribution is -0.117. The summed E-state index contributed by atoms with van der Waals surface area (Å²) in [5.74, 6) is 0.336. The van der Waals surface area contributed by atoms with Gasteiger partial charge in [-0.25, -0.2) is 8.42 Å². The molecule has 0 aromatic heterocycles. The van der Waals surface area contributed by atoms with Crippen LogP contribution in [0.5, 0.6) is 5.75 Å². The maximum absolute atomic E-state index is 13.0. The molecule has 0 radical (unpaired) electrons. The van der Waals surface area contributed by atoms with Gasteiger partial charge in [-0.05, 0) is 69.2 Å². The van der Waals surface area contributed by atoms with E-state index in [0.717, 1.165) is 18.8 Å². The van der Waals surface area contributed by atoms with E-state index in [1.165, 1.54) is 31.9 Å². The number of anilines is 3. The smallest absolute Gasteiger partial charge is 0.261 e. The predicted molar refractivity (Wildman–Crippen MR) is 118 cm³/mol. The highest BCUT2D eigenvalue weighted by atomic mass is 32.2. The number of amides is 1. The molecule has 2 aromatic carbocycles. The largest absolute Gasteiger partial charge is 0.484 e. The monoisotopic (exact) mass is 429 g/mol. The molecule has 8 heteroatoms. The summed E-state index contributed by atoms with van der Waals surface area (Å²) in [4.78, 5) is 16.1. The van der Waals surface area contributed by atoms with Crippen LogP contribution in [0.4, 0.5) is 17.1 Å². The first-order valence-corrected chi connectivity index (χ1v) is 11.6. The van der Waals surface area contributed by atoms with Gasteiger partial charge in [-0.15, -0.1) is 0 Å². The zero-order chi connectivity index (χ0) is 21.5. The molecule has 1 N–H and O–H groups in total. The SMILES string of the molecule is CC(=O)N1CC(C)(C)Oc2ccc(S(=O)(=O)Nc3ccc(N4CCCC4)cc3)cc21. The first-order chi connectivity index (χ1) is 14.1. The Morgan fingerprint density at radius 2 is 1.73 bits per heavy atom. The van der Waals surface area contributed by atoms with Crippen molar-refractivity contribution < 1.29 is 17.9 Å².